The van der Waals surface area contributed by atoms with Crippen LogP contribution in [0.4, 0.5) is 13.6 Å². The number of carbonyl (C=O) groups is 2. The molecule has 0 aromatic heterocycles. The van der Waals surface area contributed by atoms with Gasteiger partial charge in [-0.3, -0.25) is 15.0 Å². The molecule has 0 radical (unpaired) electrons. The van der Waals surface area contributed by atoms with Crippen LogP contribution in [0.2, 0.25) is 0 Å². The van der Waals surface area contributed by atoms with Gasteiger partial charge in [-0.15, -0.1) is 0 Å². The number of nitrogens with one attached hydrogen (secondary N) is 2. The molecule has 1 aromatic rings. The maximum absolute atomic E-state index is 12.5. The summed E-state index contributed by atoms with van der Waals surface area (Å²) in [5.41, 5.74) is 0.735. The summed E-state index contributed by atoms with van der Waals surface area (Å²) in [5, 5.41) is 4.74. The van der Waals surface area contributed by atoms with Gasteiger partial charge in [0.05, 0.1) is 25.2 Å². The molecule has 0 unspecified atom stereocenters. The first kappa shape index (κ1) is 23.2. The second-order valence-electron chi connectivity index (χ2n) is 7.62. The summed E-state index contributed by atoms with van der Waals surface area (Å²) in [6.07, 6.45) is 2.14. The summed E-state index contributed by atoms with van der Waals surface area (Å²) in [6, 6.07) is 3.52. The first-order valence-corrected chi connectivity index (χ1v) is 11.6. The molecular weight excluding hydrogens is 436 g/mol. The molecule has 1 saturated carbocycles. The minimum absolute atomic E-state index is 0.0198. The lowest BCUT2D eigenvalue weighted by atomic mass is 10.2. The predicted molar refractivity (Wildman–Crippen MR) is 107 cm³/mol. The number of methoxy groups -OCH3 is 1. The van der Waals surface area contributed by atoms with Crippen LogP contribution in [0.25, 0.3) is 0 Å². The van der Waals surface area contributed by atoms with Crippen molar-refractivity contribution in [2.45, 2.75) is 44.5 Å². The Hall–Kier alpha value is -2.47. The average molecular weight is 461 g/mol. The van der Waals surface area contributed by atoms with Crippen molar-refractivity contribution in [3.8, 4) is 11.5 Å². The minimum atomic E-state index is -3.14. The predicted octanol–water partition coefficient (Wildman–Crippen LogP) is 1.27. The zero-order valence-corrected chi connectivity index (χ0v) is 17.8. The third kappa shape index (κ3) is 7.03. The summed E-state index contributed by atoms with van der Waals surface area (Å²) < 4.78 is 57.4. The van der Waals surface area contributed by atoms with E-state index in [1.807, 2.05) is 4.90 Å². The van der Waals surface area contributed by atoms with E-state index in [9.17, 15) is 26.8 Å². The maximum atomic E-state index is 12.5. The highest BCUT2D eigenvalue weighted by molar-refractivity contribution is 7.91. The molecule has 12 heteroatoms. The lowest BCUT2D eigenvalue weighted by molar-refractivity contribution is -0.121. The molecule has 2 aliphatic rings. The molecule has 0 spiro atoms. The van der Waals surface area contributed by atoms with Crippen LogP contribution in [0.5, 0.6) is 11.5 Å². The number of carbonyl (C=O) groups excluding carboxylic acids is 2. The van der Waals surface area contributed by atoms with Gasteiger partial charge in [-0.1, -0.05) is 6.07 Å². The summed E-state index contributed by atoms with van der Waals surface area (Å²) in [4.78, 5) is 26.2. The van der Waals surface area contributed by atoms with E-state index >= 15 is 0 Å². The fourth-order valence-corrected chi connectivity index (χ4v) is 5.15. The standard InChI is InChI=1S/C19H25F2N3O6S/c1-29-16-8-12(2-5-15(16)30-18(20)21)9-24(14-3-4-14)10-17(25)23-19(26)22-13-6-7-31(27,28)11-13/h2,5,8,13-14,18H,3-4,6-7,9-11H2,1H3,(H2,22,23,25,26)/t13-/m0/s1. The molecule has 2 fully saturated rings. The van der Waals surface area contributed by atoms with Gasteiger partial charge in [0, 0.05) is 18.6 Å². The van der Waals surface area contributed by atoms with Crippen molar-refractivity contribution in [3.05, 3.63) is 23.8 Å². The van der Waals surface area contributed by atoms with Gasteiger partial charge < -0.3 is 14.8 Å². The van der Waals surface area contributed by atoms with Crippen molar-refractivity contribution in [2.24, 2.45) is 0 Å². The number of amides is 3. The van der Waals surface area contributed by atoms with Gasteiger partial charge in [-0.25, -0.2) is 13.2 Å². The van der Waals surface area contributed by atoms with E-state index in [2.05, 4.69) is 15.4 Å². The summed E-state index contributed by atoms with van der Waals surface area (Å²) >= 11 is 0. The number of sulfone groups is 1. The second kappa shape index (κ2) is 9.77. The van der Waals surface area contributed by atoms with E-state index < -0.39 is 34.4 Å². The first-order valence-electron chi connectivity index (χ1n) is 9.82. The highest BCUT2D eigenvalue weighted by Gasteiger charge is 2.32. The Balaban J connectivity index is 1.55. The number of ether oxygens (including phenoxy) is 2. The maximum Gasteiger partial charge on any atom is 0.387 e. The third-order valence-electron chi connectivity index (χ3n) is 5.06. The topological polar surface area (TPSA) is 114 Å². The van der Waals surface area contributed by atoms with E-state index in [0.717, 1.165) is 18.4 Å². The largest absolute Gasteiger partial charge is 0.493 e. The van der Waals surface area contributed by atoms with E-state index in [-0.39, 0.29) is 35.6 Å². The van der Waals surface area contributed by atoms with Gasteiger partial charge in [0.15, 0.2) is 21.3 Å². The van der Waals surface area contributed by atoms with Crippen LogP contribution in [0, 0.1) is 0 Å². The van der Waals surface area contributed by atoms with E-state index in [4.69, 9.17) is 4.74 Å². The van der Waals surface area contributed by atoms with Gasteiger partial charge in [-0.05, 0) is 37.0 Å². The Morgan fingerprint density at radius 1 is 1.23 bits per heavy atom. The fourth-order valence-electron chi connectivity index (χ4n) is 3.47. The van der Waals surface area contributed by atoms with Crippen molar-refractivity contribution in [1.82, 2.24) is 15.5 Å². The van der Waals surface area contributed by atoms with E-state index in [1.165, 1.54) is 13.2 Å². The monoisotopic (exact) mass is 461 g/mol. The Morgan fingerprint density at radius 2 is 1.97 bits per heavy atom. The highest BCUT2D eigenvalue weighted by atomic mass is 32.2. The third-order valence-corrected chi connectivity index (χ3v) is 6.83. The number of alkyl halides is 2. The Bertz CT molecular complexity index is 923. The van der Waals surface area contributed by atoms with E-state index in [1.54, 1.807) is 12.1 Å². The van der Waals surface area contributed by atoms with Crippen LogP contribution >= 0.6 is 0 Å². The van der Waals surface area contributed by atoms with Gasteiger partial charge in [0.2, 0.25) is 5.91 Å². The van der Waals surface area contributed by atoms with E-state index in [0.29, 0.717) is 13.0 Å². The normalized spacial score (nSPS) is 20.0. The van der Waals surface area contributed by atoms with Crippen molar-refractivity contribution < 1.29 is 36.3 Å². The Labute approximate surface area is 179 Å². The number of urea groups is 1. The van der Waals surface area contributed by atoms with Gasteiger partial charge in [0.25, 0.3) is 0 Å². The van der Waals surface area contributed by atoms with Gasteiger partial charge in [-0.2, -0.15) is 8.78 Å². The Morgan fingerprint density at radius 3 is 2.55 bits per heavy atom. The van der Waals surface area contributed by atoms with Crippen molar-refractivity contribution in [2.75, 3.05) is 25.2 Å². The molecule has 1 heterocycles. The molecule has 3 rings (SSSR count). The zero-order valence-electron chi connectivity index (χ0n) is 17.0. The molecular formula is C19H25F2N3O6S. The molecule has 1 aliphatic carbocycles. The number of nitrogens with zero attached hydrogens (tertiary/aromatic N) is 1. The summed E-state index contributed by atoms with van der Waals surface area (Å²) in [6.45, 7) is -2.66. The molecule has 1 aromatic carbocycles. The molecule has 9 nitrogen and oxygen atoms in total. The number of hydrogen-bond donors (Lipinski definition) is 2. The van der Waals surface area contributed by atoms with Crippen molar-refractivity contribution >= 4 is 21.8 Å². The quantitative estimate of drug-likeness (QED) is 0.569. The van der Waals surface area contributed by atoms with Crippen LogP contribution in [-0.2, 0) is 21.2 Å². The van der Waals surface area contributed by atoms with Crippen LogP contribution in [0.1, 0.15) is 24.8 Å². The number of imide groups is 1. The van der Waals surface area contributed by atoms with Gasteiger partial charge in [0.1, 0.15) is 0 Å². The van der Waals surface area contributed by atoms with Crippen LogP contribution in [0.15, 0.2) is 18.2 Å². The van der Waals surface area contributed by atoms with Crippen LogP contribution in [-0.4, -0.2) is 69.1 Å². The average Bonchev–Trinajstić information content (AvgIpc) is 3.46. The molecule has 3 amide bonds. The summed E-state index contributed by atoms with van der Waals surface area (Å²) in [7, 11) is -1.79. The molecule has 172 valence electrons. The zero-order chi connectivity index (χ0) is 22.6. The SMILES string of the molecule is COc1cc(CN(CC(=O)NC(=O)N[C@H]2CCS(=O)(=O)C2)C2CC2)ccc1OC(F)F. The molecule has 1 saturated heterocycles. The number of halogens is 2. The van der Waals surface area contributed by atoms with Crippen molar-refractivity contribution in [1.29, 1.82) is 0 Å². The van der Waals surface area contributed by atoms with Crippen LogP contribution < -0.4 is 20.1 Å². The molecule has 31 heavy (non-hydrogen) atoms. The fraction of sp³-hybridized carbons (Fsp3) is 0.579. The van der Waals surface area contributed by atoms with Gasteiger partial charge >= 0.3 is 12.6 Å². The number of hydrogen-bond acceptors (Lipinski definition) is 7. The highest BCUT2D eigenvalue weighted by Crippen LogP contribution is 2.32. The molecule has 2 N–H and O–H groups in total. The second-order valence-corrected chi connectivity index (χ2v) is 9.85. The van der Waals surface area contributed by atoms with Crippen molar-refractivity contribution in [3.63, 3.8) is 0 Å². The lowest BCUT2D eigenvalue weighted by Crippen LogP contribution is -2.48. The first-order chi connectivity index (χ1) is 14.6. The number of benzene rings is 1. The molecule has 1 atom stereocenters. The minimum Gasteiger partial charge on any atom is -0.493 e. The summed E-state index contributed by atoms with van der Waals surface area (Å²) in [5.74, 6) is -0.552. The number of rotatable bonds is 9. The van der Waals surface area contributed by atoms with Crippen LogP contribution in [0.3, 0.4) is 0 Å². The molecule has 0 bridgehead atoms. The smallest absolute Gasteiger partial charge is 0.387 e. The lowest BCUT2D eigenvalue weighted by Gasteiger charge is -2.22. The Kier molecular flexibility index (Phi) is 7.31. The molecule has 1 aliphatic heterocycles.